The first-order valence-electron chi connectivity index (χ1n) is 10.6. The van der Waals surface area contributed by atoms with Crippen molar-refractivity contribution in [3.05, 3.63) is 23.9 Å². The first-order chi connectivity index (χ1) is 13.7. The minimum absolute atomic E-state index is 0.00271. The Hall–Kier alpha value is -1.86. The summed E-state index contributed by atoms with van der Waals surface area (Å²) in [5, 5.41) is 16.1. The van der Waals surface area contributed by atoms with Gasteiger partial charge in [-0.2, -0.15) is 0 Å². The minimum atomic E-state index is 0.00271. The van der Waals surface area contributed by atoms with Crippen molar-refractivity contribution >= 4 is 11.8 Å². The van der Waals surface area contributed by atoms with Crippen LogP contribution in [0, 0.1) is 5.41 Å². The fourth-order valence-electron chi connectivity index (χ4n) is 4.00. The molecule has 2 aliphatic rings. The number of nitrogens with one attached hydrogen (secondary N) is 2. The van der Waals surface area contributed by atoms with E-state index in [-0.39, 0.29) is 12.0 Å². The van der Waals surface area contributed by atoms with Crippen molar-refractivity contribution in [2.24, 2.45) is 10.4 Å². The fraction of sp³-hybridized carbons (Fsp3) is 0.714. The predicted octanol–water partition coefficient (Wildman–Crippen LogP) is 1.92. The molecule has 2 aliphatic heterocycles. The van der Waals surface area contributed by atoms with Gasteiger partial charge in [0.2, 0.25) is 0 Å². The number of hydrogen-bond acceptors (Lipinski definition) is 5. The fourth-order valence-corrected chi connectivity index (χ4v) is 4.00. The predicted molar refractivity (Wildman–Crippen MR) is 113 cm³/mol. The Morgan fingerprint density at radius 2 is 2.07 bits per heavy atom. The first-order valence-corrected chi connectivity index (χ1v) is 10.6. The largest absolute Gasteiger partial charge is 0.396 e. The third-order valence-electron chi connectivity index (χ3n) is 5.88. The summed E-state index contributed by atoms with van der Waals surface area (Å²) in [4.78, 5) is 11.4. The van der Waals surface area contributed by atoms with Gasteiger partial charge in [0.25, 0.3) is 0 Å². The molecule has 0 radical (unpaired) electrons. The molecule has 28 heavy (non-hydrogen) atoms. The summed E-state index contributed by atoms with van der Waals surface area (Å²) < 4.78 is 5.55. The lowest BCUT2D eigenvalue weighted by molar-refractivity contribution is 0.127. The van der Waals surface area contributed by atoms with Gasteiger partial charge in [0.1, 0.15) is 5.82 Å². The summed E-state index contributed by atoms with van der Waals surface area (Å²) in [5.74, 6) is 1.85. The molecule has 0 amide bonds. The highest BCUT2D eigenvalue weighted by atomic mass is 16.5. The van der Waals surface area contributed by atoms with Crippen molar-refractivity contribution in [1.82, 2.24) is 15.6 Å². The van der Waals surface area contributed by atoms with Crippen LogP contribution in [-0.2, 0) is 11.3 Å². The SMILES string of the molecule is CN=C(NCc1ccc(N2CCCCCC2)nc1)NCC1(CCO)CCOC1. The monoisotopic (exact) mass is 389 g/mol. The van der Waals surface area contributed by atoms with Crippen molar-refractivity contribution in [3.8, 4) is 0 Å². The standard InChI is InChI=1S/C21H35N5O2/c1-22-20(25-16-21(8-12-27)9-13-28-17-21)24-15-18-6-7-19(23-14-18)26-10-4-2-3-5-11-26/h6-7,14,27H,2-5,8-13,15-17H2,1H3,(H2,22,24,25). The van der Waals surface area contributed by atoms with E-state index in [1.54, 1.807) is 7.05 Å². The zero-order chi connectivity index (χ0) is 19.7. The van der Waals surface area contributed by atoms with E-state index in [0.29, 0.717) is 13.2 Å². The number of aliphatic hydroxyl groups excluding tert-OH is 1. The maximum Gasteiger partial charge on any atom is 0.191 e. The smallest absolute Gasteiger partial charge is 0.191 e. The number of nitrogens with zero attached hydrogens (tertiary/aromatic N) is 3. The summed E-state index contributed by atoms with van der Waals surface area (Å²) in [6.07, 6.45) is 8.86. The molecule has 156 valence electrons. The number of hydrogen-bond donors (Lipinski definition) is 3. The lowest BCUT2D eigenvalue weighted by Gasteiger charge is -2.27. The van der Waals surface area contributed by atoms with Gasteiger partial charge in [-0.3, -0.25) is 4.99 Å². The number of ether oxygens (including phenoxy) is 1. The topological polar surface area (TPSA) is 82.0 Å². The molecule has 0 aliphatic carbocycles. The summed E-state index contributed by atoms with van der Waals surface area (Å²) in [7, 11) is 1.78. The van der Waals surface area contributed by atoms with Gasteiger partial charge in [-0.15, -0.1) is 0 Å². The molecule has 1 aromatic rings. The molecule has 2 saturated heterocycles. The average molecular weight is 390 g/mol. The van der Waals surface area contributed by atoms with Crippen LogP contribution in [-0.4, -0.2) is 62.6 Å². The maximum atomic E-state index is 9.36. The van der Waals surface area contributed by atoms with Gasteiger partial charge in [-0.1, -0.05) is 18.9 Å². The maximum absolute atomic E-state index is 9.36. The number of rotatable bonds is 7. The van der Waals surface area contributed by atoms with Gasteiger partial charge >= 0.3 is 0 Å². The zero-order valence-corrected chi connectivity index (χ0v) is 17.1. The van der Waals surface area contributed by atoms with Crippen LogP contribution in [0.1, 0.15) is 44.1 Å². The molecule has 3 rings (SSSR count). The Morgan fingerprint density at radius 1 is 1.25 bits per heavy atom. The Kier molecular flexibility index (Phi) is 7.91. The van der Waals surface area contributed by atoms with Crippen LogP contribution in [0.4, 0.5) is 5.82 Å². The molecule has 7 nitrogen and oxygen atoms in total. The van der Waals surface area contributed by atoms with E-state index in [2.05, 4.69) is 37.6 Å². The lowest BCUT2D eigenvalue weighted by Crippen LogP contribution is -2.44. The summed E-state index contributed by atoms with van der Waals surface area (Å²) >= 11 is 0. The minimum Gasteiger partial charge on any atom is -0.396 e. The van der Waals surface area contributed by atoms with E-state index in [0.717, 1.165) is 56.4 Å². The van der Waals surface area contributed by atoms with E-state index >= 15 is 0 Å². The highest BCUT2D eigenvalue weighted by Crippen LogP contribution is 2.31. The van der Waals surface area contributed by atoms with Gasteiger partial charge in [-0.05, 0) is 37.3 Å². The van der Waals surface area contributed by atoms with E-state index in [4.69, 9.17) is 4.74 Å². The van der Waals surface area contributed by atoms with Crippen LogP contribution in [0.3, 0.4) is 0 Å². The molecule has 7 heteroatoms. The Labute approximate surface area is 168 Å². The summed E-state index contributed by atoms with van der Waals surface area (Å²) in [5.41, 5.74) is 1.14. The Morgan fingerprint density at radius 3 is 2.68 bits per heavy atom. The van der Waals surface area contributed by atoms with Crippen LogP contribution in [0.5, 0.6) is 0 Å². The van der Waals surface area contributed by atoms with Crippen molar-refractivity contribution in [1.29, 1.82) is 0 Å². The third kappa shape index (κ3) is 5.82. The second kappa shape index (κ2) is 10.6. The molecule has 0 saturated carbocycles. The quantitative estimate of drug-likeness (QED) is 0.488. The van der Waals surface area contributed by atoms with Crippen molar-refractivity contribution in [2.75, 3.05) is 51.4 Å². The number of pyridine rings is 1. The number of anilines is 1. The molecular formula is C21H35N5O2. The van der Waals surface area contributed by atoms with Gasteiger partial charge < -0.3 is 25.4 Å². The number of aliphatic hydroxyl groups is 1. The zero-order valence-electron chi connectivity index (χ0n) is 17.1. The van der Waals surface area contributed by atoms with Gasteiger partial charge in [0.15, 0.2) is 5.96 Å². The molecule has 0 aromatic carbocycles. The number of guanidine groups is 1. The molecule has 0 bridgehead atoms. The highest BCUT2D eigenvalue weighted by Gasteiger charge is 2.34. The Balaban J connectivity index is 1.48. The van der Waals surface area contributed by atoms with Crippen LogP contribution < -0.4 is 15.5 Å². The lowest BCUT2D eigenvalue weighted by atomic mass is 9.84. The van der Waals surface area contributed by atoms with E-state index < -0.39 is 0 Å². The summed E-state index contributed by atoms with van der Waals surface area (Å²) in [6.45, 7) is 5.30. The first kappa shape index (κ1) is 20.9. The third-order valence-corrected chi connectivity index (χ3v) is 5.88. The molecule has 3 N–H and O–H groups in total. The van der Waals surface area contributed by atoms with Crippen molar-refractivity contribution in [2.45, 2.75) is 45.1 Å². The van der Waals surface area contributed by atoms with Crippen LogP contribution in [0.25, 0.3) is 0 Å². The molecule has 1 aromatic heterocycles. The van der Waals surface area contributed by atoms with Gasteiger partial charge in [0.05, 0.1) is 6.61 Å². The second-order valence-electron chi connectivity index (χ2n) is 7.98. The van der Waals surface area contributed by atoms with Crippen LogP contribution >= 0.6 is 0 Å². The van der Waals surface area contributed by atoms with Crippen LogP contribution in [0.15, 0.2) is 23.3 Å². The van der Waals surface area contributed by atoms with Gasteiger partial charge in [-0.25, -0.2) is 4.98 Å². The Bertz CT molecular complexity index is 606. The van der Waals surface area contributed by atoms with Gasteiger partial charge in [0, 0.05) is 58.1 Å². The molecule has 3 heterocycles. The van der Waals surface area contributed by atoms with E-state index in [9.17, 15) is 5.11 Å². The molecule has 1 unspecified atom stereocenters. The molecular weight excluding hydrogens is 354 g/mol. The number of aliphatic imine (C=N–C) groups is 1. The second-order valence-corrected chi connectivity index (χ2v) is 7.98. The van der Waals surface area contributed by atoms with Crippen molar-refractivity contribution < 1.29 is 9.84 Å². The molecule has 1 atom stereocenters. The van der Waals surface area contributed by atoms with Crippen LogP contribution in [0.2, 0.25) is 0 Å². The van der Waals surface area contributed by atoms with Crippen molar-refractivity contribution in [3.63, 3.8) is 0 Å². The van der Waals surface area contributed by atoms with E-state index in [1.807, 2.05) is 6.20 Å². The summed E-state index contributed by atoms with van der Waals surface area (Å²) in [6, 6.07) is 4.27. The normalized spacial score (nSPS) is 23.5. The molecule has 2 fully saturated rings. The molecule has 0 spiro atoms. The van der Waals surface area contributed by atoms with E-state index in [1.165, 1.54) is 25.7 Å². The highest BCUT2D eigenvalue weighted by molar-refractivity contribution is 5.79. The number of aromatic nitrogens is 1. The average Bonchev–Trinajstić information content (AvgIpc) is 3.01.